The first-order chi connectivity index (χ1) is 8.74. The Hall–Kier alpha value is -0.720. The zero-order valence-electron chi connectivity index (χ0n) is 9.48. The van der Waals surface area contributed by atoms with Crippen molar-refractivity contribution < 1.29 is 4.79 Å². The van der Waals surface area contributed by atoms with Crippen molar-refractivity contribution in [2.75, 3.05) is 0 Å². The van der Waals surface area contributed by atoms with E-state index >= 15 is 0 Å². The number of aryl methyl sites for hydroxylation is 1. The highest BCUT2D eigenvalue weighted by Gasteiger charge is 2.25. The number of nitrogens with one attached hydrogen (secondary N) is 1. The highest BCUT2D eigenvalue weighted by molar-refractivity contribution is 9.11. The number of carbonyl (C=O) groups is 1. The van der Waals surface area contributed by atoms with Crippen molar-refractivity contribution in [2.45, 2.75) is 25.3 Å². The first-order valence-corrected chi connectivity index (χ1v) is 8.22. The van der Waals surface area contributed by atoms with Crippen LogP contribution in [0.3, 0.4) is 0 Å². The van der Waals surface area contributed by atoms with Gasteiger partial charge in [0, 0.05) is 0 Å². The Morgan fingerprint density at radius 3 is 3.22 bits per heavy atom. The number of fused-ring (bicyclic) bond motifs is 1. The van der Waals surface area contributed by atoms with Crippen LogP contribution in [-0.4, -0.2) is 10.9 Å². The lowest BCUT2D eigenvalue weighted by atomic mass is 9.98. The number of halogens is 1. The minimum Gasteiger partial charge on any atom is -0.344 e. The molecule has 0 saturated heterocycles. The summed E-state index contributed by atoms with van der Waals surface area (Å²) in [5.74, 6) is 0.0207. The van der Waals surface area contributed by atoms with Crippen molar-refractivity contribution in [2.24, 2.45) is 0 Å². The molecule has 1 atom stereocenters. The van der Waals surface area contributed by atoms with Gasteiger partial charge in [0.05, 0.1) is 21.5 Å². The molecule has 2 heterocycles. The second-order valence-electron chi connectivity index (χ2n) is 4.17. The van der Waals surface area contributed by atoms with E-state index in [0.29, 0.717) is 0 Å². The van der Waals surface area contributed by atoms with Gasteiger partial charge in [-0.2, -0.15) is 0 Å². The Labute approximate surface area is 121 Å². The minimum absolute atomic E-state index is 0.0207. The third-order valence-electron chi connectivity index (χ3n) is 2.97. The number of nitrogens with zero attached hydrogens (tertiary/aromatic N) is 1. The van der Waals surface area contributed by atoms with E-state index < -0.39 is 0 Å². The Morgan fingerprint density at radius 1 is 1.56 bits per heavy atom. The van der Waals surface area contributed by atoms with Crippen LogP contribution < -0.4 is 5.32 Å². The molecule has 0 aromatic carbocycles. The summed E-state index contributed by atoms with van der Waals surface area (Å²) in [6.45, 7) is 0. The molecule has 0 bridgehead atoms. The summed E-state index contributed by atoms with van der Waals surface area (Å²) >= 11 is 6.53. The van der Waals surface area contributed by atoms with Crippen LogP contribution in [0.25, 0.3) is 0 Å². The van der Waals surface area contributed by atoms with Gasteiger partial charge in [0.15, 0.2) is 3.92 Å². The molecule has 2 aromatic heterocycles. The molecule has 1 aliphatic carbocycles. The fourth-order valence-corrected chi connectivity index (χ4v) is 4.45. The number of thiazole rings is 1. The number of amides is 1. The summed E-state index contributed by atoms with van der Waals surface area (Å²) in [4.78, 5) is 18.5. The Bertz CT molecular complexity index is 565. The van der Waals surface area contributed by atoms with E-state index in [2.05, 4.69) is 26.2 Å². The van der Waals surface area contributed by atoms with Gasteiger partial charge in [-0.3, -0.25) is 4.79 Å². The second-order valence-corrected chi connectivity index (χ2v) is 7.43. The van der Waals surface area contributed by atoms with E-state index in [9.17, 15) is 4.79 Å². The van der Waals surface area contributed by atoms with Gasteiger partial charge in [-0.05, 0) is 46.6 Å². The average molecular weight is 343 g/mol. The fourth-order valence-electron chi connectivity index (χ4n) is 2.16. The minimum atomic E-state index is 0.0207. The van der Waals surface area contributed by atoms with E-state index in [0.717, 1.165) is 33.8 Å². The van der Waals surface area contributed by atoms with Gasteiger partial charge in [-0.1, -0.05) is 6.07 Å². The quantitative estimate of drug-likeness (QED) is 0.902. The third-order valence-corrected chi connectivity index (χ3v) is 5.51. The molecule has 3 rings (SSSR count). The average Bonchev–Trinajstić information content (AvgIpc) is 2.96. The van der Waals surface area contributed by atoms with Gasteiger partial charge in [0.2, 0.25) is 0 Å². The predicted molar refractivity (Wildman–Crippen MR) is 77.3 cm³/mol. The van der Waals surface area contributed by atoms with Crippen molar-refractivity contribution >= 4 is 44.5 Å². The lowest BCUT2D eigenvalue weighted by molar-refractivity contribution is 0.0937. The van der Waals surface area contributed by atoms with Gasteiger partial charge in [0.25, 0.3) is 5.91 Å². The normalized spacial score (nSPS) is 18.4. The zero-order chi connectivity index (χ0) is 12.5. The van der Waals surface area contributed by atoms with Crippen LogP contribution in [0.15, 0.2) is 21.4 Å². The SMILES string of the molecule is O=C(NC1CCCc2nc(Br)sc21)c1cccs1. The Balaban J connectivity index is 1.80. The molecule has 3 nitrogen and oxygen atoms in total. The highest BCUT2D eigenvalue weighted by atomic mass is 79.9. The molecule has 6 heteroatoms. The Morgan fingerprint density at radius 2 is 2.44 bits per heavy atom. The molecule has 1 N–H and O–H groups in total. The van der Waals surface area contributed by atoms with Crippen LogP contribution in [0.4, 0.5) is 0 Å². The molecule has 2 aromatic rings. The lowest BCUT2D eigenvalue weighted by Gasteiger charge is -2.22. The van der Waals surface area contributed by atoms with Crippen molar-refractivity contribution in [3.8, 4) is 0 Å². The summed E-state index contributed by atoms with van der Waals surface area (Å²) in [5, 5.41) is 5.03. The van der Waals surface area contributed by atoms with Gasteiger partial charge in [0.1, 0.15) is 0 Å². The smallest absolute Gasteiger partial charge is 0.261 e. The number of thiophene rings is 1. The molecule has 94 valence electrons. The molecule has 0 radical (unpaired) electrons. The summed E-state index contributed by atoms with van der Waals surface area (Å²) in [5.41, 5.74) is 1.13. The molecule has 0 saturated carbocycles. The van der Waals surface area contributed by atoms with E-state index in [1.807, 2.05) is 17.5 Å². The van der Waals surface area contributed by atoms with E-state index in [4.69, 9.17) is 0 Å². The van der Waals surface area contributed by atoms with E-state index in [1.54, 1.807) is 11.3 Å². The maximum Gasteiger partial charge on any atom is 0.261 e. The van der Waals surface area contributed by atoms with Gasteiger partial charge in [-0.25, -0.2) is 4.98 Å². The molecular weight excluding hydrogens is 332 g/mol. The van der Waals surface area contributed by atoms with Crippen molar-refractivity contribution in [1.82, 2.24) is 10.3 Å². The zero-order valence-corrected chi connectivity index (χ0v) is 12.7. The number of hydrogen-bond donors (Lipinski definition) is 1. The van der Waals surface area contributed by atoms with E-state index in [-0.39, 0.29) is 11.9 Å². The number of aromatic nitrogens is 1. The van der Waals surface area contributed by atoms with Crippen LogP contribution in [0.2, 0.25) is 0 Å². The fraction of sp³-hybridized carbons (Fsp3) is 0.333. The van der Waals surface area contributed by atoms with Crippen molar-refractivity contribution in [3.05, 3.63) is 36.9 Å². The van der Waals surface area contributed by atoms with Crippen LogP contribution in [-0.2, 0) is 6.42 Å². The van der Waals surface area contributed by atoms with E-state index in [1.165, 1.54) is 16.2 Å². The topological polar surface area (TPSA) is 42.0 Å². The maximum atomic E-state index is 12.1. The molecule has 0 aliphatic heterocycles. The summed E-state index contributed by atoms with van der Waals surface area (Å²) < 4.78 is 0.907. The standard InChI is InChI=1S/C12H11BrN2OS2/c13-12-15-8-4-1-3-7(10(8)18-12)14-11(16)9-5-2-6-17-9/h2,5-7H,1,3-4H2,(H,14,16). The molecule has 1 unspecified atom stereocenters. The van der Waals surface area contributed by atoms with Crippen LogP contribution in [0, 0.1) is 0 Å². The maximum absolute atomic E-state index is 12.1. The second kappa shape index (κ2) is 5.11. The molecule has 0 fully saturated rings. The number of hydrogen-bond acceptors (Lipinski definition) is 4. The van der Waals surface area contributed by atoms with Crippen LogP contribution in [0.5, 0.6) is 0 Å². The first-order valence-electron chi connectivity index (χ1n) is 5.73. The summed E-state index contributed by atoms with van der Waals surface area (Å²) in [6, 6.07) is 3.87. The largest absolute Gasteiger partial charge is 0.344 e. The number of carbonyl (C=O) groups excluding carboxylic acids is 1. The van der Waals surface area contributed by atoms with Gasteiger partial charge < -0.3 is 5.32 Å². The molecule has 18 heavy (non-hydrogen) atoms. The molecular formula is C12H11BrN2OS2. The third kappa shape index (κ3) is 2.37. The monoisotopic (exact) mass is 342 g/mol. The lowest BCUT2D eigenvalue weighted by Crippen LogP contribution is -2.29. The Kier molecular flexibility index (Phi) is 3.50. The summed E-state index contributed by atoms with van der Waals surface area (Å²) in [6.07, 6.45) is 3.10. The highest BCUT2D eigenvalue weighted by Crippen LogP contribution is 2.36. The molecule has 1 amide bonds. The first kappa shape index (κ1) is 12.3. The van der Waals surface area contributed by atoms with Crippen LogP contribution in [0.1, 0.15) is 39.1 Å². The summed E-state index contributed by atoms with van der Waals surface area (Å²) in [7, 11) is 0. The van der Waals surface area contributed by atoms with Crippen LogP contribution >= 0.6 is 38.6 Å². The molecule has 1 aliphatic rings. The number of rotatable bonds is 2. The van der Waals surface area contributed by atoms with Gasteiger partial charge >= 0.3 is 0 Å². The predicted octanol–water partition coefficient (Wildman–Crippen LogP) is 3.77. The molecule has 0 spiro atoms. The van der Waals surface area contributed by atoms with Crippen molar-refractivity contribution in [1.29, 1.82) is 0 Å². The van der Waals surface area contributed by atoms with Crippen molar-refractivity contribution in [3.63, 3.8) is 0 Å². The van der Waals surface area contributed by atoms with Gasteiger partial charge in [-0.15, -0.1) is 22.7 Å².